The van der Waals surface area contributed by atoms with E-state index in [-0.39, 0.29) is 11.5 Å². The standard InChI is InChI=1S/C26H17Cl4FN4OS/c27-16-3-7-22(20(29)10-16)32-33-26(36)24-19-13-37-12-15(9-14-1-5-18(31)6-2-14)25(19)35(34-24)23-8-4-17(28)11-21(23)30/h1-11,32H,12-13H2,(H,33,36). The Hall–Kier alpha value is -2.68. The number of fused-ring (bicyclic) bond motifs is 1. The first-order chi connectivity index (χ1) is 17.8. The van der Waals surface area contributed by atoms with Crippen molar-refractivity contribution in [1.82, 2.24) is 15.2 Å². The summed E-state index contributed by atoms with van der Waals surface area (Å²) >= 11 is 26.5. The van der Waals surface area contributed by atoms with Crippen LogP contribution < -0.4 is 10.9 Å². The molecule has 2 heterocycles. The molecule has 0 aliphatic carbocycles. The van der Waals surface area contributed by atoms with Gasteiger partial charge in [-0.3, -0.25) is 15.6 Å². The number of nitrogens with one attached hydrogen (secondary N) is 2. The molecule has 3 aromatic carbocycles. The Kier molecular flexibility index (Phi) is 7.70. The summed E-state index contributed by atoms with van der Waals surface area (Å²) in [5.41, 5.74) is 10.0. The number of nitrogens with zero attached hydrogens (tertiary/aromatic N) is 2. The van der Waals surface area contributed by atoms with Gasteiger partial charge in [0, 0.05) is 27.1 Å². The molecular formula is C26H17Cl4FN4OS. The average molecular weight is 594 g/mol. The van der Waals surface area contributed by atoms with Crippen LogP contribution in [-0.4, -0.2) is 21.4 Å². The molecule has 0 radical (unpaired) electrons. The molecule has 0 saturated carbocycles. The van der Waals surface area contributed by atoms with E-state index in [1.807, 2.05) is 6.08 Å². The van der Waals surface area contributed by atoms with E-state index >= 15 is 0 Å². The highest BCUT2D eigenvalue weighted by Gasteiger charge is 2.29. The van der Waals surface area contributed by atoms with Crippen LogP contribution in [0.2, 0.25) is 20.1 Å². The third-order valence-corrected chi connectivity index (χ3v) is 7.69. The molecule has 5 rings (SSSR count). The first-order valence-corrected chi connectivity index (χ1v) is 13.6. The fraction of sp³-hybridized carbons (Fsp3) is 0.0769. The van der Waals surface area contributed by atoms with Crippen LogP contribution in [0.4, 0.5) is 10.1 Å². The molecule has 1 amide bonds. The summed E-state index contributed by atoms with van der Waals surface area (Å²) < 4.78 is 15.1. The van der Waals surface area contributed by atoms with Crippen molar-refractivity contribution in [2.75, 3.05) is 11.2 Å². The Balaban J connectivity index is 1.58. The topological polar surface area (TPSA) is 59.0 Å². The van der Waals surface area contributed by atoms with Gasteiger partial charge in [0.15, 0.2) is 5.69 Å². The Morgan fingerprint density at radius 3 is 2.35 bits per heavy atom. The van der Waals surface area contributed by atoms with Crippen molar-refractivity contribution >= 4 is 81.4 Å². The molecule has 0 bridgehead atoms. The first kappa shape index (κ1) is 25.9. The fourth-order valence-electron chi connectivity index (χ4n) is 3.90. The first-order valence-electron chi connectivity index (χ1n) is 10.9. The number of carbonyl (C=O) groups excluding carboxylic acids is 1. The van der Waals surface area contributed by atoms with Gasteiger partial charge in [-0.2, -0.15) is 16.9 Å². The minimum Gasteiger partial charge on any atom is -0.297 e. The van der Waals surface area contributed by atoms with E-state index in [1.54, 1.807) is 65.0 Å². The lowest BCUT2D eigenvalue weighted by Crippen LogP contribution is -2.30. The molecule has 1 aliphatic heterocycles. The molecule has 37 heavy (non-hydrogen) atoms. The van der Waals surface area contributed by atoms with Gasteiger partial charge in [0.05, 0.1) is 27.1 Å². The van der Waals surface area contributed by atoms with Gasteiger partial charge in [0.2, 0.25) is 0 Å². The summed E-state index contributed by atoms with van der Waals surface area (Å²) in [5.74, 6) is 0.466. The molecule has 1 aliphatic rings. The Morgan fingerprint density at radius 2 is 1.65 bits per heavy atom. The number of halogens is 5. The van der Waals surface area contributed by atoms with E-state index < -0.39 is 5.91 Å². The second kappa shape index (κ2) is 11.0. The number of hydrogen-bond donors (Lipinski definition) is 2. The Morgan fingerprint density at radius 1 is 0.946 bits per heavy atom. The van der Waals surface area contributed by atoms with Crippen molar-refractivity contribution in [3.63, 3.8) is 0 Å². The number of anilines is 1. The predicted octanol–water partition coefficient (Wildman–Crippen LogP) is 8.17. The summed E-state index contributed by atoms with van der Waals surface area (Å²) in [6.07, 6.45) is 1.96. The van der Waals surface area contributed by atoms with Crippen molar-refractivity contribution in [3.05, 3.63) is 109 Å². The zero-order valence-electron chi connectivity index (χ0n) is 18.9. The number of thioether (sulfide) groups is 1. The van der Waals surface area contributed by atoms with Gasteiger partial charge < -0.3 is 0 Å². The maximum absolute atomic E-state index is 13.5. The van der Waals surface area contributed by atoms with Crippen molar-refractivity contribution < 1.29 is 9.18 Å². The lowest BCUT2D eigenvalue weighted by molar-refractivity contribution is 0.0956. The van der Waals surface area contributed by atoms with E-state index in [4.69, 9.17) is 46.4 Å². The molecule has 0 atom stereocenters. The number of rotatable bonds is 5. The van der Waals surface area contributed by atoms with Crippen LogP contribution in [0.5, 0.6) is 0 Å². The van der Waals surface area contributed by atoms with Gasteiger partial charge >= 0.3 is 0 Å². The van der Waals surface area contributed by atoms with Gasteiger partial charge in [-0.1, -0.05) is 58.5 Å². The number of amides is 1. The average Bonchev–Trinajstić information content (AvgIpc) is 3.25. The third-order valence-electron chi connectivity index (χ3n) is 5.60. The number of aromatic nitrogens is 2. The summed E-state index contributed by atoms with van der Waals surface area (Å²) in [4.78, 5) is 13.3. The van der Waals surface area contributed by atoms with Crippen LogP contribution in [-0.2, 0) is 5.75 Å². The fourth-order valence-corrected chi connectivity index (χ4v) is 5.87. The molecule has 2 N–H and O–H groups in total. The highest BCUT2D eigenvalue weighted by Crippen LogP contribution is 2.38. The highest BCUT2D eigenvalue weighted by molar-refractivity contribution is 7.99. The molecule has 0 spiro atoms. The normalized spacial score (nSPS) is 13.9. The minimum absolute atomic E-state index is 0.232. The van der Waals surface area contributed by atoms with Gasteiger partial charge in [0.25, 0.3) is 5.91 Å². The predicted molar refractivity (Wildman–Crippen MR) is 152 cm³/mol. The summed E-state index contributed by atoms with van der Waals surface area (Å²) in [7, 11) is 0. The summed E-state index contributed by atoms with van der Waals surface area (Å²) in [6, 6.07) is 16.2. The number of benzene rings is 3. The molecule has 0 saturated heterocycles. The van der Waals surface area contributed by atoms with Crippen molar-refractivity contribution in [3.8, 4) is 5.69 Å². The van der Waals surface area contributed by atoms with Crippen LogP contribution in [0.1, 0.15) is 27.3 Å². The van der Waals surface area contributed by atoms with E-state index in [0.717, 1.165) is 22.4 Å². The van der Waals surface area contributed by atoms with Crippen molar-refractivity contribution in [2.45, 2.75) is 5.75 Å². The lowest BCUT2D eigenvalue weighted by Gasteiger charge is -2.19. The molecule has 1 aromatic heterocycles. The molecule has 0 fully saturated rings. The molecule has 11 heteroatoms. The van der Waals surface area contributed by atoms with Crippen LogP contribution in [0, 0.1) is 5.82 Å². The third kappa shape index (κ3) is 5.61. The van der Waals surface area contributed by atoms with Gasteiger partial charge in [0.1, 0.15) is 5.82 Å². The maximum atomic E-state index is 13.5. The largest absolute Gasteiger partial charge is 0.297 e. The maximum Gasteiger partial charge on any atom is 0.290 e. The molecule has 5 nitrogen and oxygen atoms in total. The quantitative estimate of drug-likeness (QED) is 0.229. The zero-order chi connectivity index (χ0) is 26.1. The second-order valence-corrected chi connectivity index (χ2v) is 10.8. The van der Waals surface area contributed by atoms with Crippen molar-refractivity contribution in [1.29, 1.82) is 0 Å². The van der Waals surface area contributed by atoms with Crippen molar-refractivity contribution in [2.24, 2.45) is 0 Å². The molecule has 4 aromatic rings. The van der Waals surface area contributed by atoms with Gasteiger partial charge in [-0.15, -0.1) is 0 Å². The molecule has 188 valence electrons. The highest BCUT2D eigenvalue weighted by atomic mass is 35.5. The Labute approximate surface area is 236 Å². The summed E-state index contributed by atoms with van der Waals surface area (Å²) in [6.45, 7) is 0. The van der Waals surface area contributed by atoms with E-state index in [2.05, 4.69) is 16.0 Å². The van der Waals surface area contributed by atoms with Crippen LogP contribution >= 0.6 is 58.2 Å². The number of carbonyl (C=O) groups is 1. The molecule has 0 unspecified atom stereocenters. The SMILES string of the molecule is O=C(NNc1ccc(Cl)cc1Cl)c1nn(-c2ccc(Cl)cc2Cl)c2c1CSCC2=Cc1ccc(F)cc1. The minimum atomic E-state index is -0.449. The lowest BCUT2D eigenvalue weighted by atomic mass is 10.0. The summed E-state index contributed by atoms with van der Waals surface area (Å²) in [5, 5.41) is 6.38. The number of hydrogen-bond acceptors (Lipinski definition) is 4. The van der Waals surface area contributed by atoms with Crippen LogP contribution in [0.25, 0.3) is 17.3 Å². The van der Waals surface area contributed by atoms with E-state index in [9.17, 15) is 9.18 Å². The monoisotopic (exact) mass is 592 g/mol. The van der Waals surface area contributed by atoms with Gasteiger partial charge in [-0.25, -0.2) is 9.07 Å². The van der Waals surface area contributed by atoms with E-state index in [1.165, 1.54) is 12.1 Å². The number of hydrazine groups is 1. The van der Waals surface area contributed by atoms with Crippen LogP contribution in [0.15, 0.2) is 60.7 Å². The van der Waals surface area contributed by atoms with Crippen LogP contribution in [0.3, 0.4) is 0 Å². The van der Waals surface area contributed by atoms with Gasteiger partial charge in [-0.05, 0) is 65.7 Å². The second-order valence-electron chi connectivity index (χ2n) is 8.10. The smallest absolute Gasteiger partial charge is 0.290 e. The molecular weight excluding hydrogens is 577 g/mol. The van der Waals surface area contributed by atoms with E-state index in [0.29, 0.717) is 43.0 Å². The Bertz CT molecular complexity index is 1540. The zero-order valence-corrected chi connectivity index (χ0v) is 22.7.